The topological polar surface area (TPSA) is 41.1 Å². The maximum Gasteiger partial charge on any atom is 0.224 e. The lowest BCUT2D eigenvalue weighted by molar-refractivity contribution is -0.116. The lowest BCUT2D eigenvalue weighted by Gasteiger charge is -2.22. The van der Waals surface area contributed by atoms with Crippen molar-refractivity contribution in [2.24, 2.45) is 5.92 Å². The molecule has 0 atom stereocenters. The van der Waals surface area contributed by atoms with Crippen molar-refractivity contribution in [1.82, 2.24) is 5.32 Å². The Kier molecular flexibility index (Phi) is 9.60. The zero-order valence-electron chi connectivity index (χ0n) is 13.3. The highest BCUT2D eigenvalue weighted by atomic mass is 35.5. The molecule has 0 radical (unpaired) electrons. The van der Waals surface area contributed by atoms with E-state index in [0.717, 1.165) is 36.7 Å². The number of thioether (sulfide) groups is 1. The Morgan fingerprint density at radius 2 is 2.14 bits per heavy atom. The van der Waals surface area contributed by atoms with Crippen molar-refractivity contribution in [2.45, 2.75) is 38.4 Å². The van der Waals surface area contributed by atoms with Gasteiger partial charge >= 0.3 is 0 Å². The van der Waals surface area contributed by atoms with Gasteiger partial charge in [0.05, 0.1) is 0 Å². The molecule has 0 aliphatic carbocycles. The van der Waals surface area contributed by atoms with Crippen molar-refractivity contribution in [3.05, 3.63) is 29.8 Å². The molecule has 3 nitrogen and oxygen atoms in total. The number of nitrogens with one attached hydrogen (secondary N) is 2. The van der Waals surface area contributed by atoms with Crippen molar-refractivity contribution in [1.29, 1.82) is 0 Å². The minimum absolute atomic E-state index is 0. The molecule has 1 aromatic rings. The number of carbonyl (C=O) groups excluding carboxylic acids is 1. The van der Waals surface area contributed by atoms with Crippen LogP contribution in [0, 0.1) is 5.92 Å². The van der Waals surface area contributed by atoms with E-state index in [-0.39, 0.29) is 18.3 Å². The van der Waals surface area contributed by atoms with Gasteiger partial charge in [0.25, 0.3) is 0 Å². The smallest absolute Gasteiger partial charge is 0.224 e. The van der Waals surface area contributed by atoms with Crippen molar-refractivity contribution < 1.29 is 4.79 Å². The molecule has 1 saturated heterocycles. The highest BCUT2D eigenvalue weighted by Crippen LogP contribution is 2.19. The lowest BCUT2D eigenvalue weighted by atomic mass is 9.93. The summed E-state index contributed by atoms with van der Waals surface area (Å²) in [5.74, 6) is 2.99. The summed E-state index contributed by atoms with van der Waals surface area (Å²) in [6.07, 6.45) is 4.06. The zero-order chi connectivity index (χ0) is 14.9. The second kappa shape index (κ2) is 10.9. The molecule has 0 spiro atoms. The number of hydrogen-bond acceptors (Lipinski definition) is 3. The number of hydrogen-bond donors (Lipinski definition) is 2. The van der Waals surface area contributed by atoms with Gasteiger partial charge in [0.1, 0.15) is 0 Å². The summed E-state index contributed by atoms with van der Waals surface area (Å²) in [5, 5.41) is 6.40. The van der Waals surface area contributed by atoms with Gasteiger partial charge in [-0.15, -0.1) is 12.4 Å². The van der Waals surface area contributed by atoms with E-state index in [2.05, 4.69) is 29.7 Å². The summed E-state index contributed by atoms with van der Waals surface area (Å²) in [4.78, 5) is 12.0. The number of benzene rings is 1. The Morgan fingerprint density at radius 1 is 1.36 bits per heavy atom. The number of carbonyl (C=O) groups is 1. The van der Waals surface area contributed by atoms with Crippen molar-refractivity contribution in [3.8, 4) is 0 Å². The second-order valence-electron chi connectivity index (χ2n) is 5.62. The van der Waals surface area contributed by atoms with E-state index >= 15 is 0 Å². The third kappa shape index (κ3) is 7.03. The minimum atomic E-state index is 0. The van der Waals surface area contributed by atoms with E-state index < -0.39 is 0 Å². The fourth-order valence-corrected chi connectivity index (χ4v) is 3.31. The number of piperidine rings is 1. The van der Waals surface area contributed by atoms with Crippen LogP contribution in [-0.4, -0.2) is 24.7 Å². The van der Waals surface area contributed by atoms with Crippen LogP contribution in [0.25, 0.3) is 0 Å². The van der Waals surface area contributed by atoms with E-state index in [9.17, 15) is 4.79 Å². The molecular weight excluding hydrogens is 316 g/mol. The summed E-state index contributed by atoms with van der Waals surface area (Å²) in [6, 6.07) is 8.20. The van der Waals surface area contributed by atoms with Gasteiger partial charge in [0.15, 0.2) is 0 Å². The molecule has 1 aliphatic heterocycles. The van der Waals surface area contributed by atoms with E-state index in [1.165, 1.54) is 18.4 Å². The van der Waals surface area contributed by atoms with Crippen LogP contribution < -0.4 is 10.6 Å². The van der Waals surface area contributed by atoms with Gasteiger partial charge in [-0.05, 0) is 61.7 Å². The Labute approximate surface area is 144 Å². The van der Waals surface area contributed by atoms with Crippen LogP contribution >= 0.6 is 24.2 Å². The van der Waals surface area contributed by atoms with Crippen molar-refractivity contribution in [3.63, 3.8) is 0 Å². The Hall–Kier alpha value is -0.710. The van der Waals surface area contributed by atoms with Crippen LogP contribution in [0.5, 0.6) is 0 Å². The molecule has 1 amide bonds. The van der Waals surface area contributed by atoms with Crippen molar-refractivity contribution in [2.75, 3.05) is 24.2 Å². The van der Waals surface area contributed by atoms with E-state index in [1.54, 1.807) is 0 Å². The largest absolute Gasteiger partial charge is 0.326 e. The van der Waals surface area contributed by atoms with E-state index in [0.29, 0.717) is 12.3 Å². The maximum absolute atomic E-state index is 12.0. The Balaban J connectivity index is 0.00000242. The average Bonchev–Trinajstić information content (AvgIpc) is 2.52. The van der Waals surface area contributed by atoms with E-state index in [4.69, 9.17) is 0 Å². The zero-order valence-corrected chi connectivity index (χ0v) is 14.9. The molecule has 2 rings (SSSR count). The van der Waals surface area contributed by atoms with Gasteiger partial charge < -0.3 is 10.6 Å². The fourth-order valence-electron chi connectivity index (χ4n) is 2.69. The first-order valence-electron chi connectivity index (χ1n) is 7.95. The molecule has 124 valence electrons. The molecular formula is C17H27ClN2OS. The highest BCUT2D eigenvalue weighted by Gasteiger charge is 2.14. The van der Waals surface area contributed by atoms with Gasteiger partial charge in [0.2, 0.25) is 5.91 Å². The molecule has 0 saturated carbocycles. The monoisotopic (exact) mass is 342 g/mol. The summed E-state index contributed by atoms with van der Waals surface area (Å²) in [5.41, 5.74) is 2.21. The highest BCUT2D eigenvalue weighted by molar-refractivity contribution is 7.98. The average molecular weight is 343 g/mol. The molecule has 0 bridgehead atoms. The molecule has 22 heavy (non-hydrogen) atoms. The van der Waals surface area contributed by atoms with Crippen LogP contribution in [0.2, 0.25) is 0 Å². The normalized spacial score (nSPS) is 15.1. The fraction of sp³-hybridized carbons (Fsp3) is 0.588. The molecule has 5 heteroatoms. The Bertz CT molecular complexity index is 450. The first-order chi connectivity index (χ1) is 10.3. The second-order valence-corrected chi connectivity index (χ2v) is 6.89. The number of halogens is 1. The van der Waals surface area contributed by atoms with Gasteiger partial charge in [-0.1, -0.05) is 19.1 Å². The molecule has 2 N–H and O–H groups in total. The van der Waals surface area contributed by atoms with Crippen LogP contribution in [-0.2, 0) is 10.5 Å². The van der Waals surface area contributed by atoms with Gasteiger partial charge in [-0.3, -0.25) is 4.79 Å². The summed E-state index contributed by atoms with van der Waals surface area (Å²) in [7, 11) is 0. The molecule has 0 unspecified atom stereocenters. The van der Waals surface area contributed by atoms with Crippen LogP contribution in [0.4, 0.5) is 5.69 Å². The SMILES string of the molecule is CCSCc1cccc(NC(=O)CCC2CCNCC2)c1.Cl. The summed E-state index contributed by atoms with van der Waals surface area (Å²) in [6.45, 7) is 4.37. The van der Waals surface area contributed by atoms with Crippen LogP contribution in [0.1, 0.15) is 38.2 Å². The molecule has 1 aromatic carbocycles. The minimum Gasteiger partial charge on any atom is -0.326 e. The standard InChI is InChI=1S/C17H26N2OS.ClH/c1-2-21-13-15-4-3-5-16(12-15)19-17(20)7-6-14-8-10-18-11-9-14;/h3-5,12,14,18H,2,6-11,13H2,1H3,(H,19,20);1H. The number of amides is 1. The van der Waals surface area contributed by atoms with Gasteiger partial charge in [-0.2, -0.15) is 11.8 Å². The van der Waals surface area contributed by atoms with Crippen LogP contribution in [0.15, 0.2) is 24.3 Å². The van der Waals surface area contributed by atoms with Gasteiger partial charge in [-0.25, -0.2) is 0 Å². The van der Waals surface area contributed by atoms with E-state index in [1.807, 2.05) is 23.9 Å². The first kappa shape index (κ1) is 19.3. The summed E-state index contributed by atoms with van der Waals surface area (Å²) >= 11 is 1.90. The predicted octanol–water partition coefficient (Wildman–Crippen LogP) is 4.08. The lowest BCUT2D eigenvalue weighted by Crippen LogP contribution is -2.28. The summed E-state index contributed by atoms with van der Waals surface area (Å²) < 4.78 is 0. The Morgan fingerprint density at radius 3 is 2.86 bits per heavy atom. The molecule has 1 heterocycles. The molecule has 1 aliphatic rings. The third-order valence-corrected chi connectivity index (χ3v) is 4.87. The number of anilines is 1. The molecule has 0 aromatic heterocycles. The molecule has 1 fully saturated rings. The number of rotatable bonds is 7. The predicted molar refractivity (Wildman–Crippen MR) is 99.0 cm³/mol. The quantitative estimate of drug-likeness (QED) is 0.784. The third-order valence-electron chi connectivity index (χ3n) is 3.92. The van der Waals surface area contributed by atoms with Crippen molar-refractivity contribution >= 4 is 35.8 Å². The first-order valence-corrected chi connectivity index (χ1v) is 9.10. The van der Waals surface area contributed by atoms with Gasteiger partial charge in [0, 0.05) is 17.9 Å². The maximum atomic E-state index is 12.0. The van der Waals surface area contributed by atoms with Crippen LogP contribution in [0.3, 0.4) is 0 Å².